The van der Waals surface area contributed by atoms with E-state index < -0.39 is 59.7 Å². The van der Waals surface area contributed by atoms with E-state index in [2.05, 4.69) is 37.5 Å². The highest BCUT2D eigenvalue weighted by molar-refractivity contribution is 6.24. The van der Waals surface area contributed by atoms with Gasteiger partial charge in [-0.25, -0.2) is 47.9 Å². The van der Waals surface area contributed by atoms with Gasteiger partial charge in [0.15, 0.2) is 11.6 Å². The first kappa shape index (κ1) is 52.9. The predicted molar refractivity (Wildman–Crippen MR) is 285 cm³/mol. The van der Waals surface area contributed by atoms with Gasteiger partial charge < -0.3 is 37.9 Å². The van der Waals surface area contributed by atoms with Crippen molar-refractivity contribution >= 4 is 71.3 Å². The second-order valence-electron chi connectivity index (χ2n) is 19.7. The van der Waals surface area contributed by atoms with Crippen LogP contribution in [0.15, 0.2) is 158 Å². The lowest BCUT2D eigenvalue weighted by Crippen LogP contribution is -2.18. The highest BCUT2D eigenvalue weighted by atomic mass is 16.6. The van der Waals surface area contributed by atoms with Crippen molar-refractivity contribution in [2.45, 2.75) is 25.7 Å². The zero-order valence-corrected chi connectivity index (χ0v) is 43.4. The number of hydrogen-bond donors (Lipinski definition) is 0. The largest absolute Gasteiger partial charge is 0.457 e. The van der Waals surface area contributed by atoms with E-state index in [1.54, 1.807) is 36.4 Å². The Morgan fingerprint density at radius 1 is 0.262 bits per heavy atom. The molecule has 1 aliphatic carbocycles. The molecular formula is C64H34O20. The first-order valence-electron chi connectivity index (χ1n) is 25.2. The Labute approximate surface area is 471 Å². The Kier molecular flexibility index (Phi) is 12.8. The number of carbonyl (C=O) groups is 12. The van der Waals surface area contributed by atoms with Gasteiger partial charge in [0.2, 0.25) is 0 Å². The monoisotopic (exact) mass is 1120 g/mol. The number of hydrogen-bond acceptors (Lipinski definition) is 20. The molecule has 0 amide bonds. The number of Topliss-reactive ketones (excluding diaryl/α,β-unsaturated/α-hetero) is 2. The second-order valence-corrected chi connectivity index (χ2v) is 19.7. The molecule has 0 saturated carbocycles. The maximum atomic E-state index is 12.0. The minimum atomic E-state index is -0.737. The van der Waals surface area contributed by atoms with E-state index in [1.807, 2.05) is 48.5 Å². The van der Waals surface area contributed by atoms with Gasteiger partial charge in [-0.3, -0.25) is 9.59 Å². The van der Waals surface area contributed by atoms with Crippen LogP contribution in [0.4, 0.5) is 0 Å². The molecule has 0 saturated heterocycles. The van der Waals surface area contributed by atoms with Crippen LogP contribution in [0.2, 0.25) is 0 Å². The molecule has 5 heterocycles. The molecule has 20 nitrogen and oxygen atoms in total. The van der Waals surface area contributed by atoms with Crippen LogP contribution in [-0.2, 0) is 29.1 Å². The first-order valence-corrected chi connectivity index (χ1v) is 25.2. The molecular weight excluding hydrogens is 1090 g/mol. The fraction of sp³-hybridized carbons (Fsp3) is 0.0625. The number of benzene rings is 8. The fourth-order valence-electron chi connectivity index (χ4n) is 9.76. The number of cyclic esters (lactones) is 10. The van der Waals surface area contributed by atoms with E-state index >= 15 is 0 Å². The van der Waals surface area contributed by atoms with E-state index in [9.17, 15) is 57.5 Å². The molecule has 0 bridgehead atoms. The molecule has 0 N–H and O–H groups in total. The molecule has 8 aromatic rings. The lowest BCUT2D eigenvalue weighted by atomic mass is 9.78. The summed E-state index contributed by atoms with van der Waals surface area (Å²) in [5.74, 6) is -4.54. The van der Waals surface area contributed by atoms with Gasteiger partial charge in [-0.1, -0.05) is 50.2 Å². The van der Waals surface area contributed by atoms with Crippen molar-refractivity contribution in [2.24, 2.45) is 0 Å². The molecule has 14 rings (SSSR count). The van der Waals surface area contributed by atoms with E-state index in [4.69, 9.17) is 14.2 Å². The summed E-state index contributed by atoms with van der Waals surface area (Å²) in [6.07, 6.45) is -0.0811. The van der Waals surface area contributed by atoms with Crippen LogP contribution < -0.4 is 14.2 Å². The highest BCUT2D eigenvalue weighted by Gasteiger charge is 2.35. The third-order valence-electron chi connectivity index (χ3n) is 14.2. The minimum absolute atomic E-state index is 0.0811. The van der Waals surface area contributed by atoms with E-state index in [1.165, 1.54) is 72.8 Å². The lowest BCUT2D eigenvalue weighted by Gasteiger charge is -2.26. The zero-order valence-electron chi connectivity index (χ0n) is 43.4. The van der Waals surface area contributed by atoms with Gasteiger partial charge in [0.05, 0.1) is 62.1 Å². The number of ether oxygens (including phenoxy) is 8. The second kappa shape index (κ2) is 20.4. The summed E-state index contributed by atoms with van der Waals surface area (Å²) < 4.78 is 40.1. The van der Waals surface area contributed by atoms with Crippen molar-refractivity contribution in [2.75, 3.05) is 0 Å². The van der Waals surface area contributed by atoms with Crippen molar-refractivity contribution < 1.29 is 95.4 Å². The third kappa shape index (κ3) is 9.70. The quantitative estimate of drug-likeness (QED) is 0.0737. The van der Waals surface area contributed by atoms with Gasteiger partial charge in [0.1, 0.15) is 34.5 Å². The van der Waals surface area contributed by atoms with Gasteiger partial charge in [-0.15, -0.1) is 0 Å². The topological polar surface area (TPSA) is 279 Å². The number of rotatable bonds is 9. The molecule has 6 aliphatic rings. The van der Waals surface area contributed by atoms with Crippen LogP contribution in [0.5, 0.6) is 34.5 Å². The van der Waals surface area contributed by atoms with Crippen molar-refractivity contribution in [3.8, 4) is 45.6 Å². The SMILES string of the molecule is CC(C)(c1ccc(Oc2ccc3c(c2)C(=O)CC3=O)cc1)c1ccc(Oc2ccc3c(c2)C(=O)OC3=O)cc1.O=C1OC(=O)c2cc(-c3ccc4c(c3)C(=O)OC4=O)ccc21.O=C1OC(=O)c2cc(Oc3ccc4c(c3)C(=O)OC4=O)ccc21. The summed E-state index contributed by atoms with van der Waals surface area (Å²) in [5.41, 5.74) is 5.72. The molecule has 0 atom stereocenters. The molecule has 0 spiro atoms. The summed E-state index contributed by atoms with van der Waals surface area (Å²) in [6, 6.07) is 42.9. The first-order chi connectivity index (χ1) is 40.3. The summed E-state index contributed by atoms with van der Waals surface area (Å²) in [5, 5.41) is 0. The fourth-order valence-corrected chi connectivity index (χ4v) is 9.76. The number of esters is 10. The zero-order chi connectivity index (χ0) is 58.9. The molecule has 8 aromatic carbocycles. The van der Waals surface area contributed by atoms with Gasteiger partial charge in [-0.05, 0) is 144 Å². The molecule has 84 heavy (non-hydrogen) atoms. The maximum absolute atomic E-state index is 12.0. The Hall–Kier alpha value is -11.8. The molecule has 5 aliphatic heterocycles. The lowest BCUT2D eigenvalue weighted by molar-refractivity contribution is 0.0425. The molecule has 20 heteroatoms. The average molecular weight is 1120 g/mol. The van der Waals surface area contributed by atoms with Gasteiger partial charge in [0.25, 0.3) is 0 Å². The molecule has 0 aromatic heterocycles. The van der Waals surface area contributed by atoms with Crippen LogP contribution in [-0.4, -0.2) is 71.3 Å². The van der Waals surface area contributed by atoms with E-state index in [0.29, 0.717) is 45.3 Å². The maximum Gasteiger partial charge on any atom is 0.347 e. The summed E-state index contributed by atoms with van der Waals surface area (Å²) in [4.78, 5) is 139. The summed E-state index contributed by atoms with van der Waals surface area (Å²) in [6.45, 7) is 4.23. The van der Waals surface area contributed by atoms with Crippen LogP contribution in [0.25, 0.3) is 11.1 Å². The summed E-state index contributed by atoms with van der Waals surface area (Å²) >= 11 is 0. The molecule has 0 fully saturated rings. The van der Waals surface area contributed by atoms with Gasteiger partial charge in [-0.2, -0.15) is 0 Å². The molecule has 0 unspecified atom stereocenters. The average Bonchev–Trinajstić information content (AvgIpc) is 3.95. The molecule has 0 radical (unpaired) electrons. The van der Waals surface area contributed by atoms with E-state index in [0.717, 1.165) is 11.1 Å². The Morgan fingerprint density at radius 2 is 0.500 bits per heavy atom. The van der Waals surface area contributed by atoms with Gasteiger partial charge >= 0.3 is 59.7 Å². The smallest absolute Gasteiger partial charge is 0.347 e. The van der Waals surface area contributed by atoms with Crippen molar-refractivity contribution in [1.29, 1.82) is 0 Å². The van der Waals surface area contributed by atoms with Crippen LogP contribution in [0.3, 0.4) is 0 Å². The van der Waals surface area contributed by atoms with Crippen LogP contribution in [0, 0.1) is 0 Å². The van der Waals surface area contributed by atoms with Crippen molar-refractivity contribution in [3.63, 3.8) is 0 Å². The number of carbonyl (C=O) groups excluding carboxylic acids is 12. The minimum Gasteiger partial charge on any atom is -0.457 e. The number of ketones is 2. The van der Waals surface area contributed by atoms with Crippen molar-refractivity contribution in [1.82, 2.24) is 0 Å². The Bertz CT molecular complexity index is 4100. The van der Waals surface area contributed by atoms with Crippen LogP contribution in [0.1, 0.15) is 156 Å². The van der Waals surface area contributed by atoms with E-state index in [-0.39, 0.29) is 90.5 Å². The van der Waals surface area contributed by atoms with Gasteiger partial charge in [0, 0.05) is 16.5 Å². The Balaban J connectivity index is 0.000000132. The Morgan fingerprint density at radius 3 is 0.833 bits per heavy atom. The van der Waals surface area contributed by atoms with Crippen molar-refractivity contribution in [3.05, 3.63) is 236 Å². The number of fused-ring (bicyclic) bond motifs is 6. The third-order valence-corrected chi connectivity index (χ3v) is 14.2. The predicted octanol–water partition coefficient (Wildman–Crippen LogP) is 10.8. The summed E-state index contributed by atoms with van der Waals surface area (Å²) in [7, 11) is 0. The molecule has 410 valence electrons. The standard InChI is InChI=1S/C32H22O7.C16H6O7.C16H6O6/c1-32(2,18-3-7-20(8-4-18)37-22-11-13-24-26(15-22)29(34)17-28(24)33)19-5-9-21(10-6-19)38-23-12-14-25-27(16-23)31(36)39-30(25)35;17-13-9-3-1-7(5-11(9)15(19)22-13)21-8-2-4-10-12(6-8)16(20)23-14(10)18;17-13-9-3-1-7(5-11(9)15(19)21-13)8-2-4-10-12(6-8)16(20)22-14(10)18/h3-16H,17H2,1-2H3;1-6H;1-6H. The highest BCUT2D eigenvalue weighted by Crippen LogP contribution is 2.38. The van der Waals surface area contributed by atoms with Crippen LogP contribution >= 0.6 is 0 Å². The normalized spacial score (nSPS) is 14.8.